The molecule has 0 unspecified atom stereocenters. The number of hydrogen-bond acceptors (Lipinski definition) is 3. The van der Waals surface area contributed by atoms with Crippen molar-refractivity contribution in [2.45, 2.75) is 38.5 Å². The molecule has 0 aromatic heterocycles. The average molecular weight is 407 g/mol. The van der Waals surface area contributed by atoms with Crippen molar-refractivity contribution in [1.29, 1.82) is 0 Å². The first-order valence-electron chi connectivity index (χ1n) is 8.88. The van der Waals surface area contributed by atoms with Crippen LogP contribution in [0.3, 0.4) is 0 Å². The molecule has 144 valence electrons. The number of hydrogen-bond donors (Lipinski definition) is 1. The zero-order chi connectivity index (χ0) is 19.8. The summed E-state index contributed by atoms with van der Waals surface area (Å²) in [7, 11) is -3.85. The number of rotatable bonds is 4. The summed E-state index contributed by atoms with van der Waals surface area (Å²) in [4.78, 5) is 14.8. The van der Waals surface area contributed by atoms with Gasteiger partial charge in [0.1, 0.15) is 0 Å². The minimum atomic E-state index is -3.85. The van der Waals surface area contributed by atoms with Gasteiger partial charge in [-0.25, -0.2) is 8.42 Å². The lowest BCUT2D eigenvalue weighted by Crippen LogP contribution is -2.29. The fourth-order valence-electron chi connectivity index (χ4n) is 3.66. The van der Waals surface area contributed by atoms with E-state index < -0.39 is 10.0 Å². The van der Waals surface area contributed by atoms with Crippen LogP contribution in [0.2, 0.25) is 5.02 Å². The molecule has 1 amide bonds. The predicted octanol–water partition coefficient (Wildman–Crippen LogP) is 4.30. The van der Waals surface area contributed by atoms with Gasteiger partial charge in [0.25, 0.3) is 15.9 Å². The van der Waals surface area contributed by atoms with E-state index in [0.717, 1.165) is 18.4 Å². The SMILES string of the molecule is Cc1cc(C)c(S(=O)(=O)Nc2ccc(Cl)cc2C(=O)N2CCCC2)c(C)c1. The van der Waals surface area contributed by atoms with E-state index >= 15 is 0 Å². The molecular formula is C20H23ClN2O3S. The van der Waals surface area contributed by atoms with Crippen molar-refractivity contribution < 1.29 is 13.2 Å². The van der Waals surface area contributed by atoms with Crippen molar-refractivity contribution in [3.63, 3.8) is 0 Å². The van der Waals surface area contributed by atoms with Crippen molar-refractivity contribution in [3.8, 4) is 0 Å². The summed E-state index contributed by atoms with van der Waals surface area (Å²) in [6, 6.07) is 8.31. The van der Waals surface area contributed by atoms with Crippen LogP contribution in [-0.2, 0) is 10.0 Å². The zero-order valence-electron chi connectivity index (χ0n) is 15.7. The van der Waals surface area contributed by atoms with E-state index in [1.54, 1.807) is 30.9 Å². The highest BCUT2D eigenvalue weighted by Crippen LogP contribution is 2.28. The fourth-order valence-corrected chi connectivity index (χ4v) is 5.37. The third-order valence-electron chi connectivity index (χ3n) is 4.72. The Labute approximate surface area is 165 Å². The molecule has 1 fully saturated rings. The topological polar surface area (TPSA) is 66.5 Å². The van der Waals surface area contributed by atoms with Crippen molar-refractivity contribution in [2.75, 3.05) is 17.8 Å². The molecule has 27 heavy (non-hydrogen) atoms. The van der Waals surface area contributed by atoms with E-state index in [-0.39, 0.29) is 22.1 Å². The Kier molecular flexibility index (Phi) is 5.49. The molecule has 5 nitrogen and oxygen atoms in total. The molecule has 1 heterocycles. The summed E-state index contributed by atoms with van der Waals surface area (Å²) < 4.78 is 28.7. The first-order chi connectivity index (χ1) is 12.7. The molecule has 0 atom stereocenters. The number of carbonyl (C=O) groups is 1. The molecular weight excluding hydrogens is 384 g/mol. The highest BCUT2D eigenvalue weighted by Gasteiger charge is 2.26. The molecule has 0 radical (unpaired) electrons. The molecule has 3 rings (SSSR count). The summed E-state index contributed by atoms with van der Waals surface area (Å²) >= 11 is 6.08. The van der Waals surface area contributed by atoms with Gasteiger partial charge in [0.05, 0.1) is 16.1 Å². The minimum Gasteiger partial charge on any atom is -0.339 e. The van der Waals surface area contributed by atoms with Gasteiger partial charge < -0.3 is 4.90 Å². The van der Waals surface area contributed by atoms with Crippen molar-refractivity contribution in [2.24, 2.45) is 0 Å². The Morgan fingerprint density at radius 2 is 1.63 bits per heavy atom. The number of carbonyl (C=O) groups excluding carboxylic acids is 1. The monoisotopic (exact) mass is 406 g/mol. The first kappa shape index (κ1) is 19.7. The van der Waals surface area contributed by atoms with Gasteiger partial charge in [-0.1, -0.05) is 29.3 Å². The number of amides is 1. The molecule has 1 N–H and O–H groups in total. The van der Waals surface area contributed by atoms with Gasteiger partial charge in [0.15, 0.2) is 0 Å². The largest absolute Gasteiger partial charge is 0.339 e. The van der Waals surface area contributed by atoms with Gasteiger partial charge in [-0.2, -0.15) is 0 Å². The number of anilines is 1. The molecule has 0 bridgehead atoms. The minimum absolute atomic E-state index is 0.204. The van der Waals surface area contributed by atoms with Gasteiger partial charge in [0, 0.05) is 18.1 Å². The van der Waals surface area contributed by atoms with Crippen LogP contribution in [0.4, 0.5) is 5.69 Å². The van der Waals surface area contributed by atoms with Gasteiger partial charge in [-0.3, -0.25) is 9.52 Å². The van der Waals surface area contributed by atoms with Crippen molar-refractivity contribution >= 4 is 33.2 Å². The summed E-state index contributed by atoms with van der Waals surface area (Å²) in [6.07, 6.45) is 1.91. The highest BCUT2D eigenvalue weighted by atomic mass is 35.5. The Hall–Kier alpha value is -2.05. The molecule has 1 aliphatic heterocycles. The quantitative estimate of drug-likeness (QED) is 0.822. The number of likely N-dealkylation sites (tertiary alicyclic amines) is 1. The fraction of sp³-hybridized carbons (Fsp3) is 0.350. The van der Waals surface area contributed by atoms with E-state index in [4.69, 9.17) is 11.6 Å². The lowest BCUT2D eigenvalue weighted by atomic mass is 10.1. The second-order valence-electron chi connectivity index (χ2n) is 7.02. The van der Waals surface area contributed by atoms with Gasteiger partial charge in [-0.15, -0.1) is 0 Å². The van der Waals surface area contributed by atoms with Crippen LogP contribution in [-0.4, -0.2) is 32.3 Å². The second-order valence-corrected chi connectivity index (χ2v) is 9.08. The van der Waals surface area contributed by atoms with E-state index in [2.05, 4.69) is 4.72 Å². The van der Waals surface area contributed by atoms with Crippen LogP contribution in [0, 0.1) is 20.8 Å². The number of benzene rings is 2. The smallest absolute Gasteiger partial charge is 0.262 e. The maximum absolute atomic E-state index is 13.1. The van der Waals surface area contributed by atoms with Gasteiger partial charge >= 0.3 is 0 Å². The molecule has 0 aliphatic carbocycles. The van der Waals surface area contributed by atoms with E-state index in [0.29, 0.717) is 29.2 Å². The van der Waals surface area contributed by atoms with Crippen LogP contribution in [0.1, 0.15) is 39.9 Å². The number of nitrogens with one attached hydrogen (secondary N) is 1. The van der Waals surface area contributed by atoms with Gasteiger partial charge in [0.2, 0.25) is 0 Å². The zero-order valence-corrected chi connectivity index (χ0v) is 17.2. The molecule has 0 spiro atoms. The van der Waals surface area contributed by atoms with E-state index in [1.807, 2.05) is 19.1 Å². The number of halogens is 1. The Balaban J connectivity index is 2.01. The number of nitrogens with zero attached hydrogens (tertiary/aromatic N) is 1. The second kappa shape index (κ2) is 7.52. The number of aryl methyl sites for hydroxylation is 3. The maximum Gasteiger partial charge on any atom is 0.262 e. The van der Waals surface area contributed by atoms with E-state index in [9.17, 15) is 13.2 Å². The van der Waals surface area contributed by atoms with Crippen molar-refractivity contribution in [1.82, 2.24) is 4.90 Å². The standard InChI is InChI=1S/C20H23ClN2O3S/c1-13-10-14(2)19(15(3)11-13)27(25,26)22-18-7-6-16(21)12-17(18)20(24)23-8-4-5-9-23/h6-7,10-12,22H,4-5,8-9H2,1-3H3. The lowest BCUT2D eigenvalue weighted by Gasteiger charge is -2.19. The lowest BCUT2D eigenvalue weighted by molar-refractivity contribution is 0.0794. The molecule has 0 saturated carbocycles. The summed E-state index contributed by atoms with van der Waals surface area (Å²) in [6.45, 7) is 6.82. The predicted molar refractivity (Wildman–Crippen MR) is 108 cm³/mol. The molecule has 2 aromatic rings. The van der Waals surface area contributed by atoms with E-state index in [1.165, 1.54) is 6.07 Å². The van der Waals surface area contributed by atoms with Crippen LogP contribution >= 0.6 is 11.6 Å². The van der Waals surface area contributed by atoms with Gasteiger partial charge in [-0.05, 0) is 62.9 Å². The Morgan fingerprint density at radius 3 is 2.22 bits per heavy atom. The van der Waals surface area contributed by atoms with Crippen molar-refractivity contribution in [3.05, 3.63) is 57.6 Å². The average Bonchev–Trinajstić information content (AvgIpc) is 3.08. The molecule has 2 aromatic carbocycles. The van der Waals surface area contributed by atoms with Crippen LogP contribution < -0.4 is 4.72 Å². The summed E-state index contributed by atoms with van der Waals surface area (Å²) in [5, 5.41) is 0.392. The normalized spacial score (nSPS) is 14.4. The Bertz CT molecular complexity index is 973. The third kappa shape index (κ3) is 4.12. The first-order valence-corrected chi connectivity index (χ1v) is 10.7. The maximum atomic E-state index is 13.1. The third-order valence-corrected chi connectivity index (χ3v) is 6.63. The molecule has 1 saturated heterocycles. The van der Waals surface area contributed by atoms with Crippen LogP contribution in [0.25, 0.3) is 0 Å². The number of sulfonamides is 1. The Morgan fingerprint density at radius 1 is 1.04 bits per heavy atom. The highest BCUT2D eigenvalue weighted by molar-refractivity contribution is 7.92. The van der Waals surface area contributed by atoms with Crippen LogP contribution in [0.15, 0.2) is 35.2 Å². The summed E-state index contributed by atoms with van der Waals surface area (Å²) in [5.74, 6) is -0.204. The summed E-state index contributed by atoms with van der Waals surface area (Å²) in [5.41, 5.74) is 2.86. The van der Waals surface area contributed by atoms with Crippen LogP contribution in [0.5, 0.6) is 0 Å². The molecule has 1 aliphatic rings. The molecule has 7 heteroatoms.